The van der Waals surface area contributed by atoms with E-state index < -0.39 is 497 Å². The second kappa shape index (κ2) is 20.1. The number of benzene rings is 15. The highest BCUT2D eigenvalue weighted by Crippen LogP contribution is 2.51. The quantitative estimate of drug-likeness (QED) is 0.155. The molecule has 0 saturated heterocycles. The molecular formula is C85H56O2. The maximum absolute atomic E-state index is 9.96. The molecule has 0 radical (unpaired) electrons. The van der Waals surface area contributed by atoms with Crippen molar-refractivity contribution in [2.45, 2.75) is 19.1 Å². The fourth-order valence-electron chi connectivity index (χ4n) is 10.6. The van der Waals surface area contributed by atoms with Crippen molar-refractivity contribution in [1.82, 2.24) is 0 Å². The third-order valence-corrected chi connectivity index (χ3v) is 14.3. The van der Waals surface area contributed by atoms with Gasteiger partial charge >= 0.3 is 0 Å². The van der Waals surface area contributed by atoms with Crippen molar-refractivity contribution in [3.8, 4) is 77.9 Å². The maximum Gasteiger partial charge on any atom is 0.143 e. The van der Waals surface area contributed by atoms with E-state index in [-0.39, 0.29) is 0 Å². The third kappa shape index (κ3) is 8.09. The van der Waals surface area contributed by atoms with Gasteiger partial charge in [0.15, 0.2) is 0 Å². The second-order valence-electron chi connectivity index (χ2n) is 19.0. The van der Waals surface area contributed by atoms with E-state index in [2.05, 4.69) is 0 Å². The third-order valence-electron chi connectivity index (χ3n) is 14.3. The molecule has 2 heteroatoms. The molecular weight excluding hydrogens is 1050 g/mol. The summed E-state index contributed by atoms with van der Waals surface area (Å²) in [5.41, 5.74) is -19.4. The zero-order valence-corrected chi connectivity index (χ0v) is 43.3. The van der Waals surface area contributed by atoms with Crippen molar-refractivity contribution in [1.29, 1.82) is 0 Å². The highest BCUT2D eigenvalue weighted by molar-refractivity contribution is 6.24. The molecule has 0 fully saturated rings. The summed E-state index contributed by atoms with van der Waals surface area (Å²) in [6.07, 6.45) is 0. The van der Waals surface area contributed by atoms with Crippen molar-refractivity contribution in [2.24, 2.45) is 0 Å². The molecule has 1 aliphatic carbocycles. The van der Waals surface area contributed by atoms with E-state index in [1.165, 1.54) is 0 Å². The van der Waals surface area contributed by atoms with Gasteiger partial charge in [0.05, 0.1) is 68.5 Å². The van der Waals surface area contributed by atoms with Gasteiger partial charge in [-0.25, -0.2) is 0 Å². The van der Waals surface area contributed by atoms with E-state index in [9.17, 15) is 24.7 Å². The van der Waals surface area contributed by atoms with Crippen molar-refractivity contribution in [2.75, 3.05) is 0 Å². The van der Waals surface area contributed by atoms with Crippen LogP contribution in [-0.2, 0) is 5.41 Å². The van der Waals surface area contributed by atoms with Crippen LogP contribution in [0, 0.1) is 0 Å². The summed E-state index contributed by atoms with van der Waals surface area (Å²) in [5.74, 6) is 0. The number of hydrogen-bond acceptors (Lipinski definition) is 2. The van der Waals surface area contributed by atoms with Gasteiger partial charge in [0.1, 0.15) is 22.3 Å². The van der Waals surface area contributed by atoms with E-state index in [1.54, 1.807) is 0 Å². The molecule has 0 unspecified atom stereocenters. The first kappa shape index (κ1) is 19.5. The zero-order valence-electron chi connectivity index (χ0n) is 99.3. The predicted molar refractivity (Wildman–Crippen MR) is 368 cm³/mol. The molecule has 0 atom stereocenters. The molecule has 18 rings (SSSR count). The average Bonchev–Trinajstić information content (AvgIpc) is 1.50. The van der Waals surface area contributed by atoms with Crippen LogP contribution >= 0.6 is 0 Å². The SMILES string of the molecule is [2H]c1c([2H])c([2H])c(-c2c([2H])c([2H])c([2H])c3c2oc2c([2H])c(-c4c5c([2H])c([2H])c([2H])c([2H])c5c(-c5c([2H])c([2H])c([2H])c([2H])c5[2H])c5c([2H])c([2H])c([2H])c([2H])c45)c([2H])c([2H])c23)c([2H])c1[2H].[2H]c1c([2H])c([2H])c(-c2c3c([2H])c([2H])c([2H])c([2H])c3c(-c3c([2H])c([2H])c4oc5c([2H])c([2H])c(-c6c([2H])c([2H])c7c(c6[2H])C(C([2H])([2H])[2H])(C([2H])([2H])[2H])c6c([2H])c([2H])c([2H])c([2H])c6-7)c([2H])c5c4c3[2H])c3c([2H])c([2H])c([2H])c([2H])c23)c([2H])c1[2H]. The summed E-state index contributed by atoms with van der Waals surface area (Å²) in [6, 6.07) is -48.0. The van der Waals surface area contributed by atoms with Crippen molar-refractivity contribution in [3.05, 3.63) is 313 Å². The van der Waals surface area contributed by atoms with Gasteiger partial charge in [-0.15, -0.1) is 0 Å². The van der Waals surface area contributed by atoms with Gasteiger partial charge in [0, 0.05) is 40.7 Å². The first-order valence-corrected chi connectivity index (χ1v) is 25.6. The molecule has 0 saturated carbocycles. The molecule has 15 aromatic carbocycles. The Morgan fingerprint density at radius 3 is 1.17 bits per heavy atom. The van der Waals surface area contributed by atoms with Crippen LogP contribution in [-0.4, -0.2) is 0 Å². The summed E-state index contributed by atoms with van der Waals surface area (Å²) in [4.78, 5) is 0. The predicted octanol–water partition coefficient (Wildman–Crippen LogP) is 24.1. The Bertz CT molecular complexity index is 8700. The Morgan fingerprint density at radius 2 is 0.632 bits per heavy atom. The second-order valence-corrected chi connectivity index (χ2v) is 19.0. The standard InChI is InChI=1S/C47H32O.C38H24O/c1-47(2)41-19-11-10-14-33(41)34-23-20-31(28-42(34)47)30-21-24-43-39(26-30)40-27-32(22-25-44(40)48-43)46-37-17-8-6-15-35(37)45(29-12-4-3-5-13-29)36-16-7-9-18-38(36)46;1-3-12-25(13-4-1)28-20-11-21-34-29-23-22-27(24-35(29)39-38(28)34)37-32-18-9-7-16-30(32)36(26-14-5-2-6-15-26)31-17-8-10-19-33(31)37/h3-28H,1-2H3;1-24H/i1D3,2D3,3D,4D,5D,6D,7D,8D,9D,10D,11D,12D,13D,14D,15D,16D,17D,18D,19D,20D,21D,22D,23D,24D,25D,26D,27D,28D;1D,2D,3D,4D,5D,6D,7D,8D,9D,10D,11D,12D,13D,14D,15D,16D,17D,18D,19D,20D,21D,22D,23D,24D. The van der Waals surface area contributed by atoms with Crippen LogP contribution < -0.4 is 0 Å². The molecule has 0 N–H and O–H groups in total. The number of furan rings is 2. The Kier molecular flexibility index (Phi) is 4.49. The van der Waals surface area contributed by atoms with E-state index in [1.807, 2.05) is 0 Å². The van der Waals surface area contributed by atoms with Gasteiger partial charge in [0.25, 0.3) is 0 Å². The van der Waals surface area contributed by atoms with Crippen LogP contribution in [0.4, 0.5) is 0 Å². The molecule has 87 heavy (non-hydrogen) atoms. The van der Waals surface area contributed by atoms with Crippen LogP contribution in [0.5, 0.6) is 0 Å². The molecule has 0 amide bonds. The van der Waals surface area contributed by atoms with Crippen LogP contribution in [0.1, 0.15) is 102 Å². The smallest absolute Gasteiger partial charge is 0.143 e. The maximum atomic E-state index is 9.96. The summed E-state index contributed by atoms with van der Waals surface area (Å²) >= 11 is 0. The van der Waals surface area contributed by atoms with Gasteiger partial charge in [-0.2, -0.15) is 0 Å². The van der Waals surface area contributed by atoms with Crippen molar-refractivity contribution < 1.29 is 85.6 Å². The summed E-state index contributed by atoms with van der Waals surface area (Å²) in [6.45, 7) is -7.72. The van der Waals surface area contributed by atoms with Crippen molar-refractivity contribution in [3.63, 3.8) is 0 Å². The van der Waals surface area contributed by atoms with E-state index in [0.29, 0.717) is 0 Å². The van der Waals surface area contributed by atoms with Crippen LogP contribution in [0.25, 0.3) is 165 Å². The normalized spacial score (nSPS) is 21.9. The van der Waals surface area contributed by atoms with Gasteiger partial charge in [-0.3, -0.25) is 0 Å². The Morgan fingerprint density at radius 1 is 0.241 bits per heavy atom. The molecule has 0 spiro atoms. The van der Waals surface area contributed by atoms with Crippen molar-refractivity contribution >= 4 is 87.0 Å². The van der Waals surface area contributed by atoms with Gasteiger partial charge in [0.2, 0.25) is 0 Å². The number of hydrogen-bond donors (Lipinski definition) is 0. The fraction of sp³-hybridized carbons (Fsp3) is 0.0353. The fourth-order valence-corrected chi connectivity index (χ4v) is 10.6. The first-order valence-electron chi connectivity index (χ1n) is 53.6. The number of rotatable bonds is 6. The number of fused-ring (bicyclic) bond motifs is 13. The topological polar surface area (TPSA) is 26.3 Å². The summed E-state index contributed by atoms with van der Waals surface area (Å²) in [5, 5.41) is -8.04. The molecule has 408 valence electrons. The summed E-state index contributed by atoms with van der Waals surface area (Å²) < 4.78 is 511. The molecule has 2 aromatic heterocycles. The molecule has 2 nitrogen and oxygen atoms in total. The molecule has 17 aromatic rings. The van der Waals surface area contributed by atoms with Gasteiger partial charge in [-0.05, 0) is 169 Å². The summed E-state index contributed by atoms with van der Waals surface area (Å²) in [7, 11) is 0. The van der Waals surface area contributed by atoms with E-state index >= 15 is 0 Å². The first-order chi connectivity index (χ1) is 66.2. The molecule has 0 aliphatic heterocycles. The molecule has 2 heterocycles. The van der Waals surface area contributed by atoms with Gasteiger partial charge in [-0.1, -0.05) is 274 Å². The lowest BCUT2D eigenvalue weighted by molar-refractivity contribution is 0.660. The highest BCUT2D eigenvalue weighted by atomic mass is 16.3. The van der Waals surface area contributed by atoms with E-state index in [4.69, 9.17) is 60.9 Å². The lowest BCUT2D eigenvalue weighted by Gasteiger charge is -2.22. The van der Waals surface area contributed by atoms with Crippen LogP contribution in [0.3, 0.4) is 0 Å². The monoisotopic (exact) mass is 1160 g/mol. The lowest BCUT2D eigenvalue weighted by atomic mass is 9.81. The molecule has 1 aliphatic rings. The number of para-hydroxylation sites is 1. The minimum Gasteiger partial charge on any atom is -0.456 e. The lowest BCUT2D eigenvalue weighted by Crippen LogP contribution is -2.14. The Hall–Kier alpha value is -11.1. The van der Waals surface area contributed by atoms with E-state index in [0.717, 1.165) is 0 Å². The van der Waals surface area contributed by atoms with Crippen LogP contribution in [0.2, 0.25) is 0 Å². The Balaban J connectivity index is 0.000000202. The minimum atomic E-state index is -3.86. The highest BCUT2D eigenvalue weighted by Gasteiger charge is 2.35. The molecule has 0 bridgehead atoms. The van der Waals surface area contributed by atoms with Crippen LogP contribution in [0.15, 0.2) is 311 Å². The Labute approximate surface area is 583 Å². The average molecular weight is 1170 g/mol. The van der Waals surface area contributed by atoms with Gasteiger partial charge < -0.3 is 8.83 Å². The zero-order chi connectivity index (χ0) is 106. The largest absolute Gasteiger partial charge is 0.456 e. The minimum absolute atomic E-state index is 0.471.